The van der Waals surface area contributed by atoms with Crippen molar-refractivity contribution < 1.29 is 28.9 Å². The van der Waals surface area contributed by atoms with Crippen LogP contribution in [0.4, 0.5) is 10.2 Å². The first-order valence-corrected chi connectivity index (χ1v) is 11.9. The van der Waals surface area contributed by atoms with Gasteiger partial charge in [-0.2, -0.15) is 0 Å². The van der Waals surface area contributed by atoms with E-state index in [2.05, 4.69) is 20.3 Å². The Balaban J connectivity index is 1.36. The average molecular weight is 510 g/mol. The van der Waals surface area contributed by atoms with Gasteiger partial charge in [0.15, 0.2) is 23.2 Å². The number of anilines is 1. The highest BCUT2D eigenvalue weighted by Crippen LogP contribution is 2.42. The lowest BCUT2D eigenvalue weighted by molar-refractivity contribution is -0.195. The first kappa shape index (κ1) is 24.0. The fraction of sp³-hybridized carbons (Fsp3) is 0.208. The van der Waals surface area contributed by atoms with Gasteiger partial charge in [-0.15, -0.1) is 0 Å². The van der Waals surface area contributed by atoms with Gasteiger partial charge in [-0.3, -0.25) is 14.2 Å². The lowest BCUT2D eigenvalue weighted by atomic mass is 10.1. The Hall–Kier alpha value is -3.71. The molecule has 0 unspecified atom stereocenters. The predicted octanol–water partition coefficient (Wildman–Crippen LogP) is 2.57. The van der Waals surface area contributed by atoms with E-state index in [1.54, 1.807) is 60.7 Å². The molecule has 5 rings (SSSR count). The van der Waals surface area contributed by atoms with Crippen molar-refractivity contribution in [1.82, 2.24) is 19.5 Å². The maximum atomic E-state index is 15.3. The molecular weight excluding hydrogens is 489 g/mol. The second-order valence-electron chi connectivity index (χ2n) is 8.03. The third-order valence-corrected chi connectivity index (χ3v) is 6.68. The predicted molar refractivity (Wildman–Crippen MR) is 129 cm³/mol. The number of nitrogens with zero attached hydrogens (tertiary/aromatic N) is 4. The molecule has 1 amide bonds. The van der Waals surface area contributed by atoms with Crippen molar-refractivity contribution in [2.24, 2.45) is 0 Å². The number of aliphatic hydroxyl groups excluding tert-OH is 1. The maximum absolute atomic E-state index is 15.3. The van der Waals surface area contributed by atoms with Crippen LogP contribution in [0.2, 0.25) is 0 Å². The number of hydrogen-bond donors (Lipinski definition) is 3. The van der Waals surface area contributed by atoms with Gasteiger partial charge in [-0.25, -0.2) is 19.3 Å². The number of fused-ring (bicyclic) bond motifs is 1. The number of carbonyl (C=O) groups excluding carboxylic acids is 2. The monoisotopic (exact) mass is 509 g/mol. The molecule has 36 heavy (non-hydrogen) atoms. The van der Waals surface area contributed by atoms with Crippen molar-refractivity contribution in [3.63, 3.8) is 0 Å². The first-order chi connectivity index (χ1) is 17.4. The van der Waals surface area contributed by atoms with Gasteiger partial charge in [0.2, 0.25) is 5.12 Å². The summed E-state index contributed by atoms with van der Waals surface area (Å²) in [6, 6.07) is 16.9. The van der Waals surface area contributed by atoms with Crippen molar-refractivity contribution in [2.45, 2.75) is 24.3 Å². The number of thioether (sulfide) groups is 1. The van der Waals surface area contributed by atoms with Crippen molar-refractivity contribution >= 4 is 39.8 Å². The van der Waals surface area contributed by atoms with Gasteiger partial charge >= 0.3 is 0 Å². The zero-order valence-corrected chi connectivity index (χ0v) is 19.4. The molecule has 0 saturated carbocycles. The topological polar surface area (TPSA) is 139 Å². The van der Waals surface area contributed by atoms with Crippen LogP contribution < -0.4 is 5.32 Å². The van der Waals surface area contributed by atoms with Crippen LogP contribution in [-0.2, 0) is 4.74 Å². The van der Waals surface area contributed by atoms with E-state index >= 15 is 4.39 Å². The van der Waals surface area contributed by atoms with Crippen LogP contribution in [0.5, 0.6) is 0 Å². The molecule has 1 aliphatic rings. The van der Waals surface area contributed by atoms with Crippen LogP contribution in [-0.4, -0.2) is 64.6 Å². The zero-order valence-electron chi connectivity index (χ0n) is 18.6. The number of rotatable bonds is 6. The molecule has 3 N–H and O–H groups in total. The van der Waals surface area contributed by atoms with Crippen LogP contribution in [0, 0.1) is 0 Å². The zero-order chi connectivity index (χ0) is 25.3. The number of aromatic nitrogens is 4. The molecule has 4 aromatic rings. The number of aliphatic hydroxyl groups is 2. The summed E-state index contributed by atoms with van der Waals surface area (Å²) >= 11 is 0.842. The van der Waals surface area contributed by atoms with Crippen LogP contribution >= 0.6 is 11.8 Å². The molecule has 0 bridgehead atoms. The van der Waals surface area contributed by atoms with Crippen molar-refractivity contribution in [2.75, 3.05) is 11.1 Å². The Morgan fingerprint density at radius 3 is 2.42 bits per heavy atom. The molecule has 0 spiro atoms. The second kappa shape index (κ2) is 9.74. The van der Waals surface area contributed by atoms with Crippen LogP contribution in [0.3, 0.4) is 0 Å². The lowest BCUT2D eigenvalue weighted by Crippen LogP contribution is -2.42. The third-order valence-electron chi connectivity index (χ3n) is 5.68. The lowest BCUT2D eigenvalue weighted by Gasteiger charge is -2.23. The summed E-state index contributed by atoms with van der Waals surface area (Å²) in [6.45, 7) is 0. The van der Waals surface area contributed by atoms with E-state index in [1.807, 2.05) is 0 Å². The van der Waals surface area contributed by atoms with E-state index in [1.165, 1.54) is 6.33 Å². The molecule has 2 aromatic heterocycles. The molecule has 0 aliphatic carbocycles. The van der Waals surface area contributed by atoms with Gasteiger partial charge in [0.05, 0.1) is 6.33 Å². The first-order valence-electron chi connectivity index (χ1n) is 10.9. The summed E-state index contributed by atoms with van der Waals surface area (Å²) in [5, 5.41) is 23.3. The molecule has 3 heterocycles. The fourth-order valence-corrected chi connectivity index (χ4v) is 4.71. The molecule has 1 aliphatic heterocycles. The van der Waals surface area contributed by atoms with Crippen molar-refractivity contribution in [3.8, 4) is 0 Å². The number of imidazole rings is 1. The SMILES string of the molecule is O=C(Nc1ncnc2c1ncn2[C@@H]1O[C@H](CSC(=O)c2ccccc2)[C@@H](O)[C@]1(O)F)c1ccccc1. The number of halogens is 1. The summed E-state index contributed by atoms with van der Waals surface area (Å²) in [6.07, 6.45) is -2.52. The minimum absolute atomic E-state index is 0.0651. The Bertz CT molecular complexity index is 1400. The van der Waals surface area contributed by atoms with E-state index in [0.717, 1.165) is 22.7 Å². The number of amides is 1. The standard InChI is InChI=1S/C24H20FN5O5S/c25-24(34)18(31)16(11-36-22(33)15-9-5-2-6-10-15)35-23(24)30-13-28-17-19(26-12-27-20(17)30)29-21(32)14-7-3-1-4-8-14/h1-10,12-13,16,18,23,31,34H,11H2,(H,26,27,29,32)/t16-,18-,23-,24-/m1/s1. The molecule has 2 aromatic carbocycles. The van der Waals surface area contributed by atoms with Gasteiger partial charge in [0.1, 0.15) is 18.5 Å². The molecule has 10 nitrogen and oxygen atoms in total. The number of benzene rings is 2. The average Bonchev–Trinajstić information content (AvgIpc) is 3.42. The van der Waals surface area contributed by atoms with E-state index in [-0.39, 0.29) is 27.8 Å². The largest absolute Gasteiger partial charge is 0.384 e. The highest BCUT2D eigenvalue weighted by atomic mass is 32.2. The molecule has 0 radical (unpaired) electrons. The highest BCUT2D eigenvalue weighted by Gasteiger charge is 2.57. The van der Waals surface area contributed by atoms with Crippen molar-refractivity contribution in [3.05, 3.63) is 84.4 Å². The minimum Gasteiger partial charge on any atom is -0.384 e. The summed E-state index contributed by atoms with van der Waals surface area (Å²) < 4.78 is 22.1. The minimum atomic E-state index is -3.20. The van der Waals surface area contributed by atoms with Gasteiger partial charge in [0, 0.05) is 16.9 Å². The number of hydrogen-bond acceptors (Lipinski definition) is 9. The number of nitrogens with one attached hydrogen (secondary N) is 1. The molecule has 12 heteroatoms. The number of carbonyl (C=O) groups is 2. The fourth-order valence-electron chi connectivity index (χ4n) is 3.83. The smallest absolute Gasteiger partial charge is 0.281 e. The van der Waals surface area contributed by atoms with E-state index in [9.17, 15) is 19.8 Å². The van der Waals surface area contributed by atoms with E-state index in [4.69, 9.17) is 4.74 Å². The highest BCUT2D eigenvalue weighted by molar-refractivity contribution is 8.14. The van der Waals surface area contributed by atoms with E-state index < -0.39 is 30.2 Å². The quantitative estimate of drug-likeness (QED) is 0.358. The van der Waals surface area contributed by atoms with Crippen molar-refractivity contribution in [1.29, 1.82) is 0 Å². The van der Waals surface area contributed by atoms with Crippen LogP contribution in [0.15, 0.2) is 73.3 Å². The number of alkyl halides is 1. The van der Waals surface area contributed by atoms with Gasteiger partial charge < -0.3 is 20.3 Å². The number of ether oxygens (including phenoxy) is 1. The molecule has 1 saturated heterocycles. The Kier molecular flexibility index (Phi) is 6.49. The summed E-state index contributed by atoms with van der Waals surface area (Å²) in [5.41, 5.74) is 1.04. The summed E-state index contributed by atoms with van der Waals surface area (Å²) in [5.74, 6) is -3.65. The van der Waals surface area contributed by atoms with Gasteiger partial charge in [-0.1, -0.05) is 60.3 Å². The molecular formula is C24H20FN5O5S. The second-order valence-corrected chi connectivity index (χ2v) is 9.02. The Morgan fingerprint density at radius 1 is 1.06 bits per heavy atom. The normalized spacial score (nSPS) is 23.6. The van der Waals surface area contributed by atoms with Crippen LogP contribution in [0.1, 0.15) is 26.9 Å². The van der Waals surface area contributed by atoms with Gasteiger partial charge in [-0.05, 0) is 12.1 Å². The Morgan fingerprint density at radius 2 is 1.72 bits per heavy atom. The van der Waals surface area contributed by atoms with E-state index in [0.29, 0.717) is 11.1 Å². The van der Waals surface area contributed by atoms with Gasteiger partial charge in [0.25, 0.3) is 11.8 Å². The Labute approximate surface area is 208 Å². The third kappa shape index (κ3) is 4.46. The molecule has 184 valence electrons. The maximum Gasteiger partial charge on any atom is 0.281 e. The van der Waals surface area contributed by atoms with Crippen LogP contribution in [0.25, 0.3) is 11.2 Å². The molecule has 4 atom stereocenters. The summed E-state index contributed by atoms with van der Waals surface area (Å²) in [7, 11) is 0. The summed E-state index contributed by atoms with van der Waals surface area (Å²) in [4.78, 5) is 37.2. The molecule has 1 fully saturated rings.